The summed E-state index contributed by atoms with van der Waals surface area (Å²) < 4.78 is 0.917. The van der Waals surface area contributed by atoms with Crippen molar-refractivity contribution >= 4 is 0 Å². The van der Waals surface area contributed by atoms with Crippen molar-refractivity contribution in [3.8, 4) is 0 Å². The number of pyridine rings is 1. The maximum Gasteiger partial charge on any atom is 0.198 e. The minimum Gasteiger partial charge on any atom is -0.618 e. The molecule has 1 heterocycles. The van der Waals surface area contributed by atoms with E-state index < -0.39 is 0 Å². The molecule has 0 unspecified atom stereocenters. The van der Waals surface area contributed by atoms with E-state index in [1.165, 1.54) is 6.20 Å². The summed E-state index contributed by atoms with van der Waals surface area (Å²) in [5.74, 6) is 0. The van der Waals surface area contributed by atoms with Gasteiger partial charge in [0, 0.05) is 17.5 Å². The average Bonchev–Trinajstić information content (AvgIpc) is 1.86. The molecule has 0 aliphatic carbocycles. The second-order valence-corrected chi connectivity index (χ2v) is 3.66. The van der Waals surface area contributed by atoms with Crippen LogP contribution in [0.4, 0.5) is 0 Å². The SMILES string of the molecule is CC(C)(C)c1cccc[n+]1[O-]. The predicted molar refractivity (Wildman–Crippen MR) is 44.1 cm³/mol. The third-order valence-corrected chi connectivity index (χ3v) is 1.59. The molecule has 1 rings (SSSR count). The van der Waals surface area contributed by atoms with E-state index in [-0.39, 0.29) is 5.41 Å². The molecule has 60 valence electrons. The Balaban J connectivity index is 3.14. The standard InChI is InChI=1S/C9H13NO/c1-9(2,3)8-6-4-5-7-10(8)11/h4-7H,1-3H3. The zero-order valence-corrected chi connectivity index (χ0v) is 7.16. The number of hydrogen-bond donors (Lipinski definition) is 0. The Hall–Kier alpha value is -1.05. The van der Waals surface area contributed by atoms with Gasteiger partial charge in [0.1, 0.15) is 0 Å². The number of nitrogens with zero attached hydrogens (tertiary/aromatic N) is 1. The molecule has 0 radical (unpaired) electrons. The van der Waals surface area contributed by atoms with Gasteiger partial charge >= 0.3 is 0 Å². The highest BCUT2D eigenvalue weighted by Gasteiger charge is 2.21. The number of hydrogen-bond acceptors (Lipinski definition) is 1. The summed E-state index contributed by atoms with van der Waals surface area (Å²) in [6, 6.07) is 5.48. The molecule has 0 saturated carbocycles. The largest absolute Gasteiger partial charge is 0.618 e. The highest BCUT2D eigenvalue weighted by Crippen LogP contribution is 2.17. The van der Waals surface area contributed by atoms with Gasteiger partial charge in [0.05, 0.1) is 0 Å². The molecular formula is C9H13NO. The van der Waals surface area contributed by atoms with Gasteiger partial charge in [-0.15, -0.1) is 0 Å². The van der Waals surface area contributed by atoms with Gasteiger partial charge in [-0.3, -0.25) is 0 Å². The van der Waals surface area contributed by atoms with Crippen LogP contribution in [0.5, 0.6) is 0 Å². The molecule has 0 amide bonds. The number of aromatic nitrogens is 1. The molecule has 0 atom stereocenters. The topological polar surface area (TPSA) is 26.9 Å². The van der Waals surface area contributed by atoms with Crippen molar-refractivity contribution < 1.29 is 4.73 Å². The van der Waals surface area contributed by atoms with Crippen molar-refractivity contribution in [1.29, 1.82) is 0 Å². The first-order chi connectivity index (χ1) is 5.02. The first-order valence-electron chi connectivity index (χ1n) is 3.70. The Bertz CT molecular complexity index is 250. The van der Waals surface area contributed by atoms with Crippen molar-refractivity contribution in [2.75, 3.05) is 0 Å². The summed E-state index contributed by atoms with van der Waals surface area (Å²) in [4.78, 5) is 0. The molecule has 0 spiro atoms. The monoisotopic (exact) mass is 151 g/mol. The third kappa shape index (κ3) is 1.70. The van der Waals surface area contributed by atoms with Crippen LogP contribution in [0.1, 0.15) is 26.5 Å². The lowest BCUT2D eigenvalue weighted by Crippen LogP contribution is -2.37. The van der Waals surface area contributed by atoms with Crippen LogP contribution in [-0.2, 0) is 5.41 Å². The van der Waals surface area contributed by atoms with E-state index >= 15 is 0 Å². The van der Waals surface area contributed by atoms with Crippen LogP contribution < -0.4 is 4.73 Å². The van der Waals surface area contributed by atoms with Crippen molar-refractivity contribution in [2.24, 2.45) is 0 Å². The molecule has 11 heavy (non-hydrogen) atoms. The summed E-state index contributed by atoms with van der Waals surface area (Å²) in [5, 5.41) is 11.2. The fourth-order valence-corrected chi connectivity index (χ4v) is 1.01. The van der Waals surface area contributed by atoms with Crippen LogP contribution in [0, 0.1) is 5.21 Å². The Morgan fingerprint density at radius 1 is 1.27 bits per heavy atom. The van der Waals surface area contributed by atoms with Gasteiger partial charge in [0.25, 0.3) is 0 Å². The lowest BCUT2D eigenvalue weighted by molar-refractivity contribution is -0.617. The first kappa shape index (κ1) is 8.05. The molecule has 0 fully saturated rings. The smallest absolute Gasteiger partial charge is 0.198 e. The summed E-state index contributed by atoms with van der Waals surface area (Å²) in [6.45, 7) is 6.07. The van der Waals surface area contributed by atoms with E-state index in [1.54, 1.807) is 6.07 Å². The van der Waals surface area contributed by atoms with E-state index in [4.69, 9.17) is 0 Å². The van der Waals surface area contributed by atoms with Gasteiger partial charge in [0.2, 0.25) is 0 Å². The Kier molecular flexibility index (Phi) is 1.85. The van der Waals surface area contributed by atoms with E-state index in [2.05, 4.69) is 0 Å². The zero-order valence-electron chi connectivity index (χ0n) is 7.16. The molecule has 0 saturated heterocycles. The van der Waals surface area contributed by atoms with Crippen molar-refractivity contribution in [3.05, 3.63) is 35.3 Å². The van der Waals surface area contributed by atoms with Crippen molar-refractivity contribution in [3.63, 3.8) is 0 Å². The summed E-state index contributed by atoms with van der Waals surface area (Å²) in [7, 11) is 0. The fourth-order valence-electron chi connectivity index (χ4n) is 1.01. The van der Waals surface area contributed by atoms with Gasteiger partial charge in [-0.2, -0.15) is 4.73 Å². The minimum absolute atomic E-state index is 0.0665. The normalized spacial score (nSPS) is 11.5. The predicted octanol–water partition coefficient (Wildman–Crippen LogP) is 1.62. The Morgan fingerprint density at radius 3 is 2.27 bits per heavy atom. The van der Waals surface area contributed by atoms with Gasteiger partial charge in [-0.1, -0.05) is 20.8 Å². The minimum atomic E-state index is -0.0665. The van der Waals surface area contributed by atoms with Crippen molar-refractivity contribution in [2.45, 2.75) is 26.2 Å². The number of rotatable bonds is 0. The lowest BCUT2D eigenvalue weighted by Gasteiger charge is -2.16. The van der Waals surface area contributed by atoms with Crippen LogP contribution >= 0.6 is 0 Å². The van der Waals surface area contributed by atoms with Gasteiger partial charge < -0.3 is 5.21 Å². The van der Waals surface area contributed by atoms with Gasteiger partial charge in [-0.05, 0) is 6.07 Å². The highest BCUT2D eigenvalue weighted by atomic mass is 16.5. The Morgan fingerprint density at radius 2 is 1.91 bits per heavy atom. The van der Waals surface area contributed by atoms with Gasteiger partial charge in [0.15, 0.2) is 11.9 Å². The quantitative estimate of drug-likeness (QED) is 0.409. The van der Waals surface area contributed by atoms with Gasteiger partial charge in [-0.25, -0.2) is 0 Å². The van der Waals surface area contributed by atoms with Crippen LogP contribution in [0.2, 0.25) is 0 Å². The molecular weight excluding hydrogens is 138 g/mol. The zero-order chi connectivity index (χ0) is 8.48. The van der Waals surface area contributed by atoms with Crippen LogP contribution in [0.25, 0.3) is 0 Å². The molecule has 2 heteroatoms. The van der Waals surface area contributed by atoms with Crippen LogP contribution in [0.15, 0.2) is 24.4 Å². The molecule has 0 N–H and O–H groups in total. The third-order valence-electron chi connectivity index (χ3n) is 1.59. The van der Waals surface area contributed by atoms with Crippen LogP contribution in [0.3, 0.4) is 0 Å². The first-order valence-corrected chi connectivity index (χ1v) is 3.70. The maximum absolute atomic E-state index is 11.2. The second-order valence-electron chi connectivity index (χ2n) is 3.66. The Labute approximate surface area is 67.1 Å². The molecule has 2 nitrogen and oxygen atoms in total. The molecule has 0 aliphatic rings. The molecule has 1 aromatic heterocycles. The fraction of sp³-hybridized carbons (Fsp3) is 0.444. The molecule has 0 aliphatic heterocycles. The molecule has 0 bridgehead atoms. The summed E-state index contributed by atoms with van der Waals surface area (Å²) >= 11 is 0. The average molecular weight is 151 g/mol. The summed E-state index contributed by atoms with van der Waals surface area (Å²) in [6.07, 6.45) is 1.53. The van der Waals surface area contributed by atoms with E-state index in [0.29, 0.717) is 0 Å². The van der Waals surface area contributed by atoms with Crippen molar-refractivity contribution in [1.82, 2.24) is 0 Å². The summed E-state index contributed by atoms with van der Waals surface area (Å²) in [5.41, 5.74) is 0.739. The van der Waals surface area contributed by atoms with E-state index in [9.17, 15) is 5.21 Å². The van der Waals surface area contributed by atoms with E-state index in [0.717, 1.165) is 10.4 Å². The molecule has 1 aromatic rings. The second kappa shape index (κ2) is 2.53. The van der Waals surface area contributed by atoms with E-state index in [1.807, 2.05) is 32.9 Å². The lowest BCUT2D eigenvalue weighted by atomic mass is 9.92. The highest BCUT2D eigenvalue weighted by molar-refractivity contribution is 5.07. The molecule has 0 aromatic carbocycles. The van der Waals surface area contributed by atoms with Crippen LogP contribution in [-0.4, -0.2) is 0 Å². The maximum atomic E-state index is 11.2.